The maximum Gasteiger partial charge on any atom is 0.526 e. The van der Waals surface area contributed by atoms with Crippen molar-refractivity contribution in [2.24, 2.45) is 63.2 Å². The Kier molecular flexibility index (Phi) is 21.4. The van der Waals surface area contributed by atoms with Crippen molar-refractivity contribution in [1.82, 2.24) is 0 Å². The average molecular weight is 1570 g/mol. The van der Waals surface area contributed by atoms with Gasteiger partial charge in [-0.2, -0.15) is 0 Å². The summed E-state index contributed by atoms with van der Waals surface area (Å²) in [6, 6.07) is 20.9. The van der Waals surface area contributed by atoms with E-state index in [9.17, 15) is 48.5 Å². The van der Waals surface area contributed by atoms with Crippen LogP contribution in [0.5, 0.6) is 23.0 Å². The molecule has 9 aliphatic carbocycles. The summed E-state index contributed by atoms with van der Waals surface area (Å²) in [5, 5.41) is 28.4. The molecule has 114 heavy (non-hydrogen) atoms. The number of hydrogen-bond donors (Lipinski definition) is 5. The number of amides is 2. The Labute approximate surface area is 667 Å². The van der Waals surface area contributed by atoms with Gasteiger partial charge in [0.1, 0.15) is 45.5 Å². The predicted molar refractivity (Wildman–Crippen MR) is 417 cm³/mol. The number of primary amides is 2. The van der Waals surface area contributed by atoms with Crippen molar-refractivity contribution in [3.05, 3.63) is 117 Å². The first-order valence-electron chi connectivity index (χ1n) is 40.3. The van der Waals surface area contributed by atoms with E-state index >= 15 is 0 Å². The third kappa shape index (κ3) is 15.3. The molecule has 3 saturated heterocycles. The molecule has 0 radical (unpaired) electrons. The predicted octanol–water partition coefficient (Wildman–Crippen LogP) is 12.2. The Balaban J connectivity index is 0.000000128. The highest BCUT2D eigenvalue weighted by molar-refractivity contribution is 6.49. The average Bonchev–Trinajstić information content (AvgIpc) is 1.45. The lowest BCUT2D eigenvalue weighted by Gasteiger charge is -2.64. The van der Waals surface area contributed by atoms with Gasteiger partial charge in [0.2, 0.25) is 29.2 Å². The summed E-state index contributed by atoms with van der Waals surface area (Å²) in [7, 11) is -2.82. The maximum atomic E-state index is 12.5. The largest absolute Gasteiger partial charge is 0.535 e. The minimum absolute atomic E-state index is 0.00208. The number of aromatic carboxylic acids is 1. The second-order valence-electron chi connectivity index (χ2n) is 37.9. The number of nitrogens with two attached hydrogens (primary N) is 2. The molecule has 12 fully saturated rings. The van der Waals surface area contributed by atoms with Gasteiger partial charge in [0.05, 0.1) is 40.7 Å². The molecular weight excluding hydrogens is 1460 g/mol. The summed E-state index contributed by atoms with van der Waals surface area (Å²) in [6.07, 6.45) is 8.55. The van der Waals surface area contributed by atoms with Gasteiger partial charge in [-0.25, -0.2) is 19.2 Å². The third-order valence-corrected chi connectivity index (χ3v) is 27.9. The molecule has 2 amide bonds. The number of aliphatic carboxylic acids is 1. The van der Waals surface area contributed by atoms with Crippen molar-refractivity contribution in [2.45, 2.75) is 276 Å². The zero-order valence-electron chi connectivity index (χ0n) is 68.2. The maximum absolute atomic E-state index is 12.5. The highest BCUT2D eigenvalue weighted by Crippen LogP contribution is 2.69. The SMILES string of the molecule is CC(=O)CC(Cc1cccc2c1OC(C)(C)OC2=O)B1OC2C[C@@H]3C[C@@H](C3(C)C)[C@]2(C)O1.CC1(C)OC(=O)c2cccc(CC(CC(=O)O)B3OC4C[C@@H]5C[C@@H](C5(C)C)[C@]4(C)O3)c2O1.CC1(C)OC(=O)c2cccc(CC(CC(N)=O)B3OC4C[C@@H]5C[C@@H](C5(C)C)[C@]4(C)O3)c2O1.NC(=O)CC1Cc2cccc(C(=O)O)c2OB1O. The van der Waals surface area contributed by atoms with Crippen LogP contribution in [0.3, 0.4) is 0 Å². The van der Waals surface area contributed by atoms with Crippen LogP contribution in [0.15, 0.2) is 72.8 Å². The number of esters is 3. The van der Waals surface area contributed by atoms with Gasteiger partial charge in [-0.3, -0.25) is 14.4 Å². The number of ether oxygens (including phenoxy) is 6. The number of Topliss-reactive ketones (excluding diaryl/α,β-unsaturated/α-hetero) is 1. The number of carbonyl (C=O) groups excluding carboxylic acids is 6. The van der Waals surface area contributed by atoms with Gasteiger partial charge in [0.15, 0.2) is 0 Å². The fraction of sp³-hybridized carbons (Fsp3) is 0.619. The van der Waals surface area contributed by atoms with Gasteiger partial charge < -0.3 is 92.5 Å². The van der Waals surface area contributed by atoms with E-state index < -0.39 is 105 Å². The van der Waals surface area contributed by atoms with E-state index in [2.05, 4.69) is 62.3 Å². The van der Waals surface area contributed by atoms with Crippen LogP contribution in [0.4, 0.5) is 0 Å². The van der Waals surface area contributed by atoms with Crippen LogP contribution in [-0.2, 0) is 87.0 Å². The van der Waals surface area contributed by atoms with Crippen LogP contribution in [0.25, 0.3) is 0 Å². The summed E-state index contributed by atoms with van der Waals surface area (Å²) < 4.78 is 78.5. The van der Waals surface area contributed by atoms with E-state index in [1.165, 1.54) is 12.5 Å². The van der Waals surface area contributed by atoms with Gasteiger partial charge >= 0.3 is 58.3 Å². The summed E-state index contributed by atoms with van der Waals surface area (Å²) in [5.41, 5.74) is 14.6. The number of fused-ring (bicyclic) bond motifs is 4. The Hall–Kier alpha value is -7.98. The first-order chi connectivity index (χ1) is 53.2. The second-order valence-corrected chi connectivity index (χ2v) is 37.9. The van der Waals surface area contributed by atoms with Gasteiger partial charge in [0, 0.05) is 90.5 Å². The van der Waals surface area contributed by atoms with Gasteiger partial charge in [-0.05, 0) is 190 Å². The molecule has 6 bridgehead atoms. The minimum Gasteiger partial charge on any atom is -0.535 e. The topological polar surface area (TPSA) is 369 Å². The molecule has 0 spiro atoms. The van der Waals surface area contributed by atoms with Crippen LogP contribution in [0, 0.1) is 51.8 Å². The molecule has 0 aromatic heterocycles. The van der Waals surface area contributed by atoms with Crippen molar-refractivity contribution in [2.75, 3.05) is 0 Å². The lowest BCUT2D eigenvalue weighted by atomic mass is 9.43. The first-order valence-corrected chi connectivity index (χ1v) is 40.3. The van der Waals surface area contributed by atoms with E-state index in [-0.39, 0.29) is 93.8 Å². The highest BCUT2D eigenvalue weighted by Gasteiger charge is 2.72. The number of ketones is 1. The van der Waals surface area contributed by atoms with Crippen LogP contribution in [0.2, 0.25) is 23.3 Å². The van der Waals surface area contributed by atoms with Crippen molar-refractivity contribution in [3.8, 4) is 23.0 Å². The van der Waals surface area contributed by atoms with Crippen molar-refractivity contribution >= 4 is 75.9 Å². The summed E-state index contributed by atoms with van der Waals surface area (Å²) >= 11 is 0. The van der Waals surface area contributed by atoms with E-state index in [1.807, 2.05) is 24.3 Å². The van der Waals surface area contributed by atoms with Crippen LogP contribution in [-0.4, -0.2) is 144 Å². The fourth-order valence-electron chi connectivity index (χ4n) is 21.6. The number of carboxylic acids is 2. The summed E-state index contributed by atoms with van der Waals surface area (Å²) in [5.74, 6) is -3.73. The molecule has 16 atom stereocenters. The molecule has 7 aliphatic heterocycles. The lowest BCUT2D eigenvalue weighted by molar-refractivity contribution is -0.199. The zero-order valence-corrected chi connectivity index (χ0v) is 68.2. The molecular formula is C84H108B4N2O24. The quantitative estimate of drug-likeness (QED) is 0.0351. The van der Waals surface area contributed by atoms with Gasteiger partial charge in [-0.15, -0.1) is 0 Å². The number of para-hydroxylation sites is 4. The molecule has 30 heteroatoms. The molecule has 7 N–H and O–H groups in total. The molecule has 4 aromatic carbocycles. The Bertz CT molecular complexity index is 4160. The molecule has 16 aliphatic rings. The van der Waals surface area contributed by atoms with E-state index in [0.717, 1.165) is 48.8 Å². The van der Waals surface area contributed by atoms with E-state index in [0.29, 0.717) is 107 Å². The van der Waals surface area contributed by atoms with Gasteiger partial charge in [0.25, 0.3) is 0 Å². The molecule has 610 valence electrons. The molecule has 9 saturated carbocycles. The molecule has 7 unspecified atom stereocenters. The Morgan fingerprint density at radius 1 is 0.456 bits per heavy atom. The number of carboxylic acid groups (broad SMARTS) is 2. The standard InChI is InChI=1S/C25H33BO6.C24H32BNO6.C24H31BO7.C11H12BNO5/c1-14(27)10-17(11-15-8-7-9-18-21(15)29-24(4,5)30-22(18)28)26-31-20-13-16-12-19(23(16,2)3)25(20,6)32-26;2*1-22(2)14-10-17(22)24(5)18(11-14)31-25(32-24)15(12-19(26)27)9-13-7-6-8-16-20(13)29-23(3,4)30-21(16)28;13-9(14)5-7-4-6-2-1-3-8(11(15)16)10(6)18-12(7)17/h7-9,16-17,19-20H,10-13H2,1-6H3;6-8,14-15,17-18H,9-12H2,1-5H3,(H2,26,27);6-8,14-15,17-18H,9-12H2,1-5H3,(H,26,27);1-3,7,17H,4-5H2,(H2,13,14)(H,15,16)/t16-,17?,19-,20?,25-;2*14-,15?,17-,18?,24-;/m000./s1. The number of carbonyl (C=O) groups is 8. The fourth-order valence-corrected chi connectivity index (χ4v) is 21.6. The summed E-state index contributed by atoms with van der Waals surface area (Å²) in [4.78, 5) is 95.2. The van der Waals surface area contributed by atoms with Crippen LogP contribution in [0.1, 0.15) is 239 Å². The Morgan fingerprint density at radius 3 is 1.13 bits per heavy atom. The molecule has 7 heterocycles. The smallest absolute Gasteiger partial charge is 0.526 e. The first kappa shape index (κ1) is 82.5. The number of hydrogen-bond acceptors (Lipinski definition) is 22. The van der Waals surface area contributed by atoms with Crippen molar-refractivity contribution in [3.63, 3.8) is 0 Å². The van der Waals surface area contributed by atoms with Crippen LogP contribution >= 0.6 is 0 Å². The lowest BCUT2D eigenvalue weighted by Crippen LogP contribution is -2.65. The number of benzene rings is 4. The van der Waals surface area contributed by atoms with Crippen molar-refractivity contribution < 1.29 is 115 Å². The number of cyclic esters (lactones) is 3. The number of rotatable bonds is 18. The Morgan fingerprint density at radius 2 is 0.807 bits per heavy atom. The monoisotopic (exact) mass is 1570 g/mol. The molecule has 4 aromatic rings. The minimum atomic E-state index is -1.22. The van der Waals surface area contributed by atoms with Crippen LogP contribution < -0.4 is 30.3 Å². The zero-order chi connectivity index (χ0) is 82.4. The highest BCUT2D eigenvalue weighted by atomic mass is 16.7. The van der Waals surface area contributed by atoms with E-state index in [1.54, 1.807) is 90.9 Å². The normalized spacial score (nSPS) is 31.9. The molecule has 26 nitrogen and oxygen atoms in total. The van der Waals surface area contributed by atoms with E-state index in [4.69, 9.17) is 77.6 Å². The summed E-state index contributed by atoms with van der Waals surface area (Å²) in [6.45, 7) is 32.2. The second kappa shape index (κ2) is 29.6. The van der Waals surface area contributed by atoms with Crippen molar-refractivity contribution in [1.29, 1.82) is 0 Å². The molecule has 20 rings (SSSR count). The third-order valence-electron chi connectivity index (χ3n) is 27.9. The van der Waals surface area contributed by atoms with Gasteiger partial charge in [-0.1, -0.05) is 90.1 Å².